The molecule has 0 bridgehead atoms. The lowest BCUT2D eigenvalue weighted by Crippen LogP contribution is -2.69. The Balaban J connectivity index is 3.75. The minimum Gasteiger partial charge on any atom is -0.489 e. The van der Waals surface area contributed by atoms with Gasteiger partial charge >= 0.3 is 5.97 Å². The summed E-state index contributed by atoms with van der Waals surface area (Å²) in [5.74, 6) is -4.24. The largest absolute Gasteiger partial charge is 0.489 e. The molecule has 2 unspecified atom stereocenters. The molecule has 1 heterocycles. The van der Waals surface area contributed by atoms with Crippen LogP contribution in [0, 0.1) is 5.92 Å². The van der Waals surface area contributed by atoms with Gasteiger partial charge in [-0.15, -0.1) is 0 Å². The van der Waals surface area contributed by atoms with Crippen molar-refractivity contribution in [2.75, 3.05) is 13.2 Å². The Bertz CT molecular complexity index is 646. The van der Waals surface area contributed by atoms with Gasteiger partial charge in [-0.1, -0.05) is 46.5 Å². The molecule has 5 N–H and O–H groups in total. The third-order valence-corrected chi connectivity index (χ3v) is 5.43. The van der Waals surface area contributed by atoms with Crippen LogP contribution in [0.15, 0.2) is 11.5 Å². The molecule has 4 atom stereocenters. The van der Waals surface area contributed by atoms with Gasteiger partial charge in [-0.25, -0.2) is 10.1 Å². The van der Waals surface area contributed by atoms with Crippen molar-refractivity contribution < 1.29 is 49.6 Å². The number of hydrogen-bond acceptors (Lipinski definition) is 10. The lowest BCUT2D eigenvalue weighted by atomic mass is 9.69. The van der Waals surface area contributed by atoms with E-state index in [2.05, 4.69) is 4.89 Å². The molecule has 31 heavy (non-hydrogen) atoms. The molecule has 0 saturated heterocycles. The van der Waals surface area contributed by atoms with Gasteiger partial charge < -0.3 is 34.8 Å². The average molecular weight is 449 g/mol. The fourth-order valence-electron chi connectivity index (χ4n) is 3.89. The summed E-state index contributed by atoms with van der Waals surface area (Å²) in [6, 6.07) is 0. The van der Waals surface area contributed by atoms with E-state index in [4.69, 9.17) is 9.47 Å². The van der Waals surface area contributed by atoms with Crippen LogP contribution in [-0.4, -0.2) is 74.1 Å². The van der Waals surface area contributed by atoms with Crippen molar-refractivity contribution in [2.45, 2.75) is 89.6 Å². The van der Waals surface area contributed by atoms with Crippen LogP contribution < -0.4 is 0 Å². The van der Waals surface area contributed by atoms with Gasteiger partial charge in [-0.05, 0) is 25.7 Å². The Kier molecular flexibility index (Phi) is 10.4. The molecule has 0 radical (unpaired) electrons. The molecule has 0 aromatic heterocycles. The molecule has 180 valence electrons. The molecule has 10 heteroatoms. The molecule has 0 amide bonds. The second-order valence-electron chi connectivity index (χ2n) is 8.20. The molecule has 0 aromatic rings. The molecule has 1 rings (SSSR count). The summed E-state index contributed by atoms with van der Waals surface area (Å²) in [5.41, 5.74) is -5.15. The lowest BCUT2D eigenvalue weighted by Gasteiger charge is -2.46. The number of carbonyl (C=O) groups is 2. The first-order valence-electron chi connectivity index (χ1n) is 10.7. The summed E-state index contributed by atoms with van der Waals surface area (Å²) >= 11 is 0. The summed E-state index contributed by atoms with van der Waals surface area (Å²) < 4.78 is 10.7. The number of cyclic esters (lactones) is 1. The summed E-state index contributed by atoms with van der Waals surface area (Å²) in [5, 5.41) is 51.6. The van der Waals surface area contributed by atoms with E-state index in [9.17, 15) is 35.3 Å². The van der Waals surface area contributed by atoms with Gasteiger partial charge in [-0.3, -0.25) is 4.79 Å². The SMILES string of the molecule is CCCCCC[C@](O)(C(O)CC(C)C)[C@@]1(C(=O)C(O)CO)OC(=O)C(OO)=C1OCC. The Labute approximate surface area is 182 Å². The molecular weight excluding hydrogens is 412 g/mol. The number of aliphatic hydroxyl groups is 4. The lowest BCUT2D eigenvalue weighted by molar-refractivity contribution is -0.222. The fourth-order valence-corrected chi connectivity index (χ4v) is 3.89. The number of hydrogen-bond donors (Lipinski definition) is 5. The first-order valence-corrected chi connectivity index (χ1v) is 10.7. The van der Waals surface area contributed by atoms with E-state index in [0.29, 0.717) is 12.8 Å². The molecule has 1 aliphatic heterocycles. The minimum absolute atomic E-state index is 0.0286. The van der Waals surface area contributed by atoms with E-state index >= 15 is 0 Å². The summed E-state index contributed by atoms with van der Waals surface area (Å²) in [6.07, 6.45) is -1.06. The second kappa shape index (κ2) is 11.8. The van der Waals surface area contributed by atoms with Gasteiger partial charge in [0.1, 0.15) is 11.7 Å². The maximum Gasteiger partial charge on any atom is 0.383 e. The summed E-state index contributed by atoms with van der Waals surface area (Å²) in [7, 11) is 0. The molecule has 0 fully saturated rings. The van der Waals surface area contributed by atoms with Gasteiger partial charge in [0, 0.05) is 0 Å². The monoisotopic (exact) mass is 448 g/mol. The standard InChI is InChI=1S/C21H36O10/c1-5-7-8-9-10-20(27,15(24)11-13(3)4)21(17(25)14(23)12-22)18(29-6-2)16(31-28)19(26)30-21/h13-15,22-24,27-28H,5-12H2,1-4H3/t14?,15?,20-,21-/m0/s1. The average Bonchev–Trinajstić information content (AvgIpc) is 3.02. The normalized spacial score (nSPS) is 22.8. The van der Waals surface area contributed by atoms with Crippen molar-refractivity contribution in [1.82, 2.24) is 0 Å². The van der Waals surface area contributed by atoms with Crippen LogP contribution in [0.2, 0.25) is 0 Å². The maximum absolute atomic E-state index is 13.3. The van der Waals surface area contributed by atoms with E-state index in [1.165, 1.54) is 6.92 Å². The van der Waals surface area contributed by atoms with Crippen molar-refractivity contribution in [3.05, 3.63) is 11.5 Å². The summed E-state index contributed by atoms with van der Waals surface area (Å²) in [6.45, 7) is 5.95. The highest BCUT2D eigenvalue weighted by Gasteiger charge is 2.71. The zero-order valence-corrected chi connectivity index (χ0v) is 18.7. The van der Waals surface area contributed by atoms with E-state index < -0.39 is 53.3 Å². The molecule has 0 aromatic carbocycles. The van der Waals surface area contributed by atoms with Crippen molar-refractivity contribution >= 4 is 11.8 Å². The van der Waals surface area contributed by atoms with Crippen LogP contribution in [0.3, 0.4) is 0 Å². The maximum atomic E-state index is 13.3. The van der Waals surface area contributed by atoms with Crippen molar-refractivity contribution in [3.63, 3.8) is 0 Å². The first-order chi connectivity index (χ1) is 14.6. The highest BCUT2D eigenvalue weighted by Crippen LogP contribution is 2.48. The quantitative estimate of drug-likeness (QED) is 0.106. The van der Waals surface area contributed by atoms with Crippen LogP contribution in [0.5, 0.6) is 0 Å². The minimum atomic E-state index is -2.72. The van der Waals surface area contributed by atoms with Crippen LogP contribution in [0.25, 0.3) is 0 Å². The van der Waals surface area contributed by atoms with E-state index in [1.54, 1.807) is 13.8 Å². The zero-order chi connectivity index (χ0) is 23.8. The second-order valence-corrected chi connectivity index (χ2v) is 8.20. The summed E-state index contributed by atoms with van der Waals surface area (Å²) in [4.78, 5) is 29.9. The Hall–Kier alpha value is -1.72. The molecule has 10 nitrogen and oxygen atoms in total. The number of esters is 1. The predicted octanol–water partition coefficient (Wildman–Crippen LogP) is 1.05. The highest BCUT2D eigenvalue weighted by atomic mass is 17.1. The third-order valence-electron chi connectivity index (χ3n) is 5.43. The molecular formula is C21H36O10. The Morgan fingerprint density at radius 2 is 1.84 bits per heavy atom. The fraction of sp³-hybridized carbons (Fsp3) is 0.810. The molecule has 0 spiro atoms. The van der Waals surface area contributed by atoms with E-state index in [-0.39, 0.29) is 25.4 Å². The zero-order valence-electron chi connectivity index (χ0n) is 18.7. The third kappa shape index (κ3) is 5.38. The van der Waals surface area contributed by atoms with Gasteiger partial charge in [0.25, 0.3) is 11.4 Å². The van der Waals surface area contributed by atoms with Crippen LogP contribution in [0.4, 0.5) is 0 Å². The number of carbonyl (C=O) groups excluding carboxylic acids is 2. The van der Waals surface area contributed by atoms with Crippen molar-refractivity contribution in [2.24, 2.45) is 5.92 Å². The molecule has 0 saturated carbocycles. The van der Waals surface area contributed by atoms with Gasteiger partial charge in [0.05, 0.1) is 19.3 Å². The smallest absolute Gasteiger partial charge is 0.383 e. The van der Waals surface area contributed by atoms with Gasteiger partial charge in [0.2, 0.25) is 11.5 Å². The van der Waals surface area contributed by atoms with E-state index in [0.717, 1.165) is 12.8 Å². The number of unbranched alkanes of at least 4 members (excludes halogenated alkanes) is 3. The van der Waals surface area contributed by atoms with Crippen molar-refractivity contribution in [3.8, 4) is 0 Å². The number of rotatable bonds is 15. The Morgan fingerprint density at radius 3 is 2.32 bits per heavy atom. The number of aliphatic hydroxyl groups excluding tert-OH is 3. The van der Waals surface area contributed by atoms with Gasteiger partial charge in [-0.2, -0.15) is 0 Å². The highest BCUT2D eigenvalue weighted by molar-refractivity contribution is 6.03. The number of Topliss-reactive ketones (excluding diaryl/α,β-unsaturated/α-hetero) is 1. The topological polar surface area (TPSA) is 163 Å². The van der Waals surface area contributed by atoms with Gasteiger partial charge in [0.15, 0.2) is 0 Å². The molecule has 0 aliphatic carbocycles. The molecule has 1 aliphatic rings. The van der Waals surface area contributed by atoms with E-state index in [1.807, 2.05) is 6.92 Å². The Morgan fingerprint density at radius 1 is 1.19 bits per heavy atom. The number of ketones is 1. The van der Waals surface area contributed by atoms with Crippen LogP contribution >= 0.6 is 0 Å². The van der Waals surface area contributed by atoms with Crippen molar-refractivity contribution in [1.29, 1.82) is 0 Å². The number of ether oxygens (including phenoxy) is 2. The predicted molar refractivity (Wildman–Crippen MR) is 108 cm³/mol. The van der Waals surface area contributed by atoms with Crippen LogP contribution in [-0.2, 0) is 24.0 Å². The van der Waals surface area contributed by atoms with Crippen LogP contribution in [0.1, 0.15) is 66.2 Å². The first kappa shape index (κ1) is 27.3.